The normalized spacial score (nSPS) is 30.1. The molecule has 0 radical (unpaired) electrons. The first kappa shape index (κ1) is 29.4. The second-order valence-corrected chi connectivity index (χ2v) is 14.0. The number of likely N-dealkylation sites (tertiary alicyclic amines) is 1. The third-order valence-corrected chi connectivity index (χ3v) is 10.6. The zero-order chi connectivity index (χ0) is 28.6. The summed E-state index contributed by atoms with van der Waals surface area (Å²) in [6, 6.07) is 8.26. The van der Waals surface area contributed by atoms with Gasteiger partial charge in [-0.15, -0.1) is 24.9 Å². The predicted octanol–water partition coefficient (Wildman–Crippen LogP) is 4.00. The quantitative estimate of drug-likeness (QED) is 0.253. The minimum absolute atomic E-state index is 0.165. The topological polar surface area (TPSA) is 87.1 Å². The van der Waals surface area contributed by atoms with Crippen LogP contribution in [0.1, 0.15) is 52.5 Å². The molecule has 1 aromatic carbocycles. The standard InChI is InChI=1S/C31H42N2O5S/c1-7-9-18-38-28(37)24-23-26(35)33(22(20-34)19-21-13-11-10-12-14-21)25(31(23)16-15-30(24,6)39-31)27(36)32(17-8-2)29(3,4)5/h7-8,10-14,22-25,34H,1-2,9,15-20H2,3-6H3/t22-,23+,24+,25?,30-,31?/m1/s1. The molecule has 3 aliphatic heterocycles. The van der Waals surface area contributed by atoms with Crippen molar-refractivity contribution >= 4 is 29.5 Å². The molecule has 3 fully saturated rings. The summed E-state index contributed by atoms with van der Waals surface area (Å²) in [7, 11) is 0. The second kappa shape index (κ2) is 11.1. The molecule has 3 aliphatic rings. The van der Waals surface area contributed by atoms with Crippen molar-refractivity contribution in [2.75, 3.05) is 19.8 Å². The van der Waals surface area contributed by atoms with E-state index in [1.54, 1.807) is 33.7 Å². The van der Waals surface area contributed by atoms with Crippen LogP contribution < -0.4 is 0 Å². The summed E-state index contributed by atoms with van der Waals surface area (Å²) < 4.78 is 4.36. The molecule has 1 N–H and O–H groups in total. The summed E-state index contributed by atoms with van der Waals surface area (Å²) in [5.41, 5.74) is 0.449. The molecule has 39 heavy (non-hydrogen) atoms. The molecule has 212 valence electrons. The molecule has 2 unspecified atom stereocenters. The van der Waals surface area contributed by atoms with Gasteiger partial charge in [0.05, 0.1) is 35.8 Å². The van der Waals surface area contributed by atoms with Crippen molar-refractivity contribution in [3.05, 3.63) is 61.2 Å². The number of thioether (sulfide) groups is 1. The van der Waals surface area contributed by atoms with Crippen LogP contribution in [0.3, 0.4) is 0 Å². The van der Waals surface area contributed by atoms with Gasteiger partial charge in [-0.25, -0.2) is 0 Å². The van der Waals surface area contributed by atoms with E-state index in [9.17, 15) is 19.5 Å². The van der Waals surface area contributed by atoms with E-state index >= 15 is 0 Å². The zero-order valence-corrected chi connectivity index (χ0v) is 24.4. The van der Waals surface area contributed by atoms with Crippen molar-refractivity contribution in [3.63, 3.8) is 0 Å². The molecule has 1 aromatic rings. The second-order valence-electron chi connectivity index (χ2n) is 12.2. The Bertz CT molecular complexity index is 1120. The van der Waals surface area contributed by atoms with E-state index in [1.807, 2.05) is 58.0 Å². The Balaban J connectivity index is 1.81. The van der Waals surface area contributed by atoms with E-state index in [4.69, 9.17) is 4.74 Å². The summed E-state index contributed by atoms with van der Waals surface area (Å²) in [5, 5.41) is 10.6. The van der Waals surface area contributed by atoms with Crippen LogP contribution >= 0.6 is 11.8 Å². The number of ether oxygens (including phenoxy) is 1. The van der Waals surface area contributed by atoms with Crippen LogP contribution in [-0.2, 0) is 25.5 Å². The average Bonchev–Trinajstić information content (AvgIpc) is 3.46. The smallest absolute Gasteiger partial charge is 0.311 e. The van der Waals surface area contributed by atoms with Crippen molar-refractivity contribution in [3.8, 4) is 0 Å². The number of benzene rings is 1. The average molecular weight is 555 g/mol. The van der Waals surface area contributed by atoms with Crippen LogP contribution in [0.2, 0.25) is 0 Å². The maximum Gasteiger partial charge on any atom is 0.311 e. The summed E-state index contributed by atoms with van der Waals surface area (Å²) >= 11 is 1.61. The van der Waals surface area contributed by atoms with Crippen molar-refractivity contribution in [1.29, 1.82) is 0 Å². The van der Waals surface area contributed by atoms with Crippen LogP contribution in [0.5, 0.6) is 0 Å². The molecule has 2 amide bonds. The highest BCUT2D eigenvalue weighted by atomic mass is 32.2. The third kappa shape index (κ3) is 5.06. The van der Waals surface area contributed by atoms with Gasteiger partial charge in [0.2, 0.25) is 11.8 Å². The van der Waals surface area contributed by atoms with Gasteiger partial charge in [0.15, 0.2) is 0 Å². The molecule has 7 nitrogen and oxygen atoms in total. The van der Waals surface area contributed by atoms with Crippen LogP contribution in [0.25, 0.3) is 0 Å². The van der Waals surface area contributed by atoms with E-state index in [2.05, 4.69) is 13.2 Å². The number of hydrogen-bond acceptors (Lipinski definition) is 6. The minimum atomic E-state index is -0.812. The van der Waals surface area contributed by atoms with Crippen LogP contribution in [-0.4, -0.2) is 79.6 Å². The summed E-state index contributed by atoms with van der Waals surface area (Å²) in [6.45, 7) is 15.8. The number of aliphatic hydroxyl groups is 1. The van der Waals surface area contributed by atoms with Crippen molar-refractivity contribution in [2.24, 2.45) is 11.8 Å². The number of rotatable bonds is 11. The van der Waals surface area contributed by atoms with Crippen molar-refractivity contribution in [1.82, 2.24) is 9.80 Å². The number of carbonyl (C=O) groups is 3. The number of fused-ring (bicyclic) bond motifs is 1. The number of aliphatic hydroxyl groups excluding tert-OH is 1. The third-order valence-electron chi connectivity index (χ3n) is 8.57. The summed E-state index contributed by atoms with van der Waals surface area (Å²) in [4.78, 5) is 46.0. The van der Waals surface area contributed by atoms with Crippen LogP contribution in [0.15, 0.2) is 55.6 Å². The molecule has 0 saturated carbocycles. The molecule has 3 saturated heterocycles. The first-order valence-corrected chi connectivity index (χ1v) is 14.6. The van der Waals surface area contributed by atoms with Gasteiger partial charge >= 0.3 is 5.97 Å². The monoisotopic (exact) mass is 554 g/mol. The number of nitrogens with zero attached hydrogens (tertiary/aromatic N) is 2. The van der Waals surface area contributed by atoms with E-state index < -0.39 is 39.0 Å². The fourth-order valence-corrected chi connectivity index (χ4v) is 9.16. The first-order chi connectivity index (χ1) is 18.4. The maximum absolute atomic E-state index is 14.6. The lowest BCUT2D eigenvalue weighted by molar-refractivity contribution is -0.156. The molecule has 3 heterocycles. The molecule has 6 atom stereocenters. The van der Waals surface area contributed by atoms with Gasteiger partial charge in [0.1, 0.15) is 6.04 Å². The highest BCUT2D eigenvalue weighted by molar-refractivity contribution is 8.02. The Labute approximate surface area is 236 Å². The summed E-state index contributed by atoms with van der Waals surface area (Å²) in [5.74, 6) is -2.14. The Morgan fingerprint density at radius 1 is 1.23 bits per heavy atom. The number of amides is 2. The largest absolute Gasteiger partial charge is 0.465 e. The van der Waals surface area contributed by atoms with Gasteiger partial charge in [-0.1, -0.05) is 42.5 Å². The Morgan fingerprint density at radius 3 is 2.51 bits per heavy atom. The van der Waals surface area contributed by atoms with Crippen LogP contribution in [0, 0.1) is 11.8 Å². The number of carbonyl (C=O) groups excluding carboxylic acids is 3. The molecule has 0 aromatic heterocycles. The lowest BCUT2D eigenvalue weighted by Crippen LogP contribution is -2.60. The summed E-state index contributed by atoms with van der Waals surface area (Å²) in [6.07, 6.45) is 5.68. The van der Waals surface area contributed by atoms with Gasteiger partial charge < -0.3 is 19.6 Å². The predicted molar refractivity (Wildman–Crippen MR) is 154 cm³/mol. The molecular formula is C31H42N2O5S. The fraction of sp³-hybridized carbons (Fsp3) is 0.581. The van der Waals surface area contributed by atoms with Gasteiger partial charge in [-0.05, 0) is 58.9 Å². The number of esters is 1. The zero-order valence-electron chi connectivity index (χ0n) is 23.6. The maximum atomic E-state index is 14.6. The molecule has 2 bridgehead atoms. The molecule has 0 aliphatic carbocycles. The number of hydrogen-bond donors (Lipinski definition) is 1. The Morgan fingerprint density at radius 2 is 1.92 bits per heavy atom. The lowest BCUT2D eigenvalue weighted by Gasteiger charge is -2.43. The lowest BCUT2D eigenvalue weighted by atomic mass is 9.66. The van der Waals surface area contributed by atoms with E-state index in [0.29, 0.717) is 32.2 Å². The molecule has 1 spiro atoms. The van der Waals surface area contributed by atoms with Gasteiger partial charge in [0.25, 0.3) is 0 Å². The highest BCUT2D eigenvalue weighted by Gasteiger charge is 2.78. The molecular weight excluding hydrogens is 512 g/mol. The Hall–Kier alpha value is -2.58. The SMILES string of the molecule is C=CCCOC(=O)[C@@H]1[C@H]2C(=O)N([C@@H](CO)Cc3ccccc3)C(C(=O)N(CC=C)C(C)(C)C)C23CC[C@@]1(C)S3. The first-order valence-electron chi connectivity index (χ1n) is 13.8. The van der Waals surface area contributed by atoms with Crippen molar-refractivity contribution < 1.29 is 24.2 Å². The molecule has 4 rings (SSSR count). The van der Waals surface area contributed by atoms with Gasteiger partial charge in [0, 0.05) is 16.8 Å². The molecule has 8 heteroatoms. The Kier molecular flexibility index (Phi) is 8.39. The van der Waals surface area contributed by atoms with Gasteiger partial charge in [-0.3, -0.25) is 14.4 Å². The van der Waals surface area contributed by atoms with E-state index in [0.717, 1.165) is 5.56 Å². The van der Waals surface area contributed by atoms with E-state index in [1.165, 1.54) is 0 Å². The highest BCUT2D eigenvalue weighted by Crippen LogP contribution is 2.72. The van der Waals surface area contributed by atoms with E-state index in [-0.39, 0.29) is 31.0 Å². The van der Waals surface area contributed by atoms with Gasteiger partial charge in [-0.2, -0.15) is 0 Å². The fourth-order valence-electron chi connectivity index (χ4n) is 6.83. The van der Waals surface area contributed by atoms with Crippen LogP contribution in [0.4, 0.5) is 0 Å². The van der Waals surface area contributed by atoms with Crippen molar-refractivity contribution in [2.45, 2.75) is 80.5 Å². The minimum Gasteiger partial charge on any atom is -0.465 e.